The van der Waals surface area contributed by atoms with Crippen LogP contribution in [0.3, 0.4) is 0 Å². The van der Waals surface area contributed by atoms with Crippen LogP contribution >= 0.6 is 0 Å². The second kappa shape index (κ2) is 6.92. The summed E-state index contributed by atoms with van der Waals surface area (Å²) in [6, 6.07) is 5.63. The number of hydrogen-bond donors (Lipinski definition) is 2. The molecule has 0 fully saturated rings. The fourth-order valence-corrected chi connectivity index (χ4v) is 1.75. The molecule has 4 heteroatoms. The first-order valence-electron chi connectivity index (χ1n) is 6.51. The second-order valence-electron chi connectivity index (χ2n) is 5.26. The van der Waals surface area contributed by atoms with E-state index >= 15 is 0 Å². The number of aryl methyl sites for hydroxylation is 2. The Kier molecular flexibility index (Phi) is 5.55. The summed E-state index contributed by atoms with van der Waals surface area (Å²) in [5.74, 6) is 0.0250. The molecule has 0 bridgehead atoms. The number of rotatable bonds is 5. The lowest BCUT2D eigenvalue weighted by atomic mass is 10.1. The van der Waals surface area contributed by atoms with Gasteiger partial charge >= 0.3 is 0 Å². The number of nitrogens with one attached hydrogen (secondary N) is 2. The highest BCUT2D eigenvalue weighted by Gasteiger charge is 2.09. The van der Waals surface area contributed by atoms with Gasteiger partial charge in [-0.3, -0.25) is 9.59 Å². The third-order valence-electron chi connectivity index (χ3n) is 2.60. The first-order valence-corrected chi connectivity index (χ1v) is 6.51. The molecule has 0 aliphatic rings. The average molecular weight is 262 g/mol. The monoisotopic (exact) mass is 262 g/mol. The van der Waals surface area contributed by atoms with Crippen LogP contribution in [0.1, 0.15) is 35.3 Å². The molecule has 1 rings (SSSR count). The maximum atomic E-state index is 11.9. The topological polar surface area (TPSA) is 58.2 Å². The largest absolute Gasteiger partial charge is 0.354 e. The maximum absolute atomic E-state index is 11.9. The van der Waals surface area contributed by atoms with Gasteiger partial charge in [-0.05, 0) is 31.9 Å². The quantitative estimate of drug-likeness (QED) is 0.850. The van der Waals surface area contributed by atoms with Gasteiger partial charge in [-0.2, -0.15) is 0 Å². The predicted octanol–water partition coefficient (Wildman–Crippen LogP) is 1.81. The molecule has 0 saturated carbocycles. The molecule has 2 amide bonds. The van der Waals surface area contributed by atoms with E-state index in [1.807, 2.05) is 45.9 Å². The molecule has 0 radical (unpaired) electrons. The van der Waals surface area contributed by atoms with Crippen molar-refractivity contribution in [2.75, 3.05) is 13.1 Å². The molecule has 0 aliphatic carbocycles. The van der Waals surface area contributed by atoms with E-state index in [4.69, 9.17) is 0 Å². The standard InChI is InChI=1S/C15H22N2O2/c1-10(2)8-16-14(18)9-17-15(19)13-6-11(3)5-12(4)7-13/h5-7,10H,8-9H2,1-4H3,(H,16,18)(H,17,19). The van der Waals surface area contributed by atoms with Gasteiger partial charge < -0.3 is 10.6 Å². The summed E-state index contributed by atoms with van der Waals surface area (Å²) in [5.41, 5.74) is 2.66. The number of amides is 2. The summed E-state index contributed by atoms with van der Waals surface area (Å²) in [6.45, 7) is 8.57. The molecule has 1 aromatic carbocycles. The van der Waals surface area contributed by atoms with Gasteiger partial charge in [0.15, 0.2) is 0 Å². The Labute approximate surface area is 114 Å². The van der Waals surface area contributed by atoms with Crippen LogP contribution in [0, 0.1) is 19.8 Å². The summed E-state index contributed by atoms with van der Waals surface area (Å²) in [7, 11) is 0. The number of hydrogen-bond acceptors (Lipinski definition) is 2. The highest BCUT2D eigenvalue weighted by Crippen LogP contribution is 2.08. The van der Waals surface area contributed by atoms with Gasteiger partial charge in [0.25, 0.3) is 5.91 Å². The molecule has 4 nitrogen and oxygen atoms in total. The number of benzene rings is 1. The number of carbonyl (C=O) groups is 2. The van der Waals surface area contributed by atoms with Crippen molar-refractivity contribution >= 4 is 11.8 Å². The smallest absolute Gasteiger partial charge is 0.251 e. The third kappa shape index (κ3) is 5.55. The highest BCUT2D eigenvalue weighted by molar-refractivity contribution is 5.96. The zero-order valence-corrected chi connectivity index (χ0v) is 12.0. The second-order valence-corrected chi connectivity index (χ2v) is 5.26. The predicted molar refractivity (Wildman–Crippen MR) is 76.1 cm³/mol. The van der Waals surface area contributed by atoms with Gasteiger partial charge in [-0.15, -0.1) is 0 Å². The molecule has 104 valence electrons. The maximum Gasteiger partial charge on any atom is 0.251 e. The molecule has 0 aliphatic heterocycles. The molecule has 1 aromatic rings. The van der Waals surface area contributed by atoms with Gasteiger partial charge in [0.2, 0.25) is 5.91 Å². The van der Waals surface area contributed by atoms with Gasteiger partial charge in [-0.25, -0.2) is 0 Å². The van der Waals surface area contributed by atoms with Crippen molar-refractivity contribution in [3.05, 3.63) is 34.9 Å². The molecule has 0 saturated heterocycles. The molecular formula is C15H22N2O2. The minimum atomic E-state index is -0.216. The molecule has 0 aromatic heterocycles. The van der Waals surface area contributed by atoms with Crippen molar-refractivity contribution in [3.8, 4) is 0 Å². The Morgan fingerprint density at radius 2 is 1.63 bits per heavy atom. The molecule has 0 unspecified atom stereocenters. The van der Waals surface area contributed by atoms with E-state index in [-0.39, 0.29) is 18.4 Å². The Hall–Kier alpha value is -1.84. The summed E-state index contributed by atoms with van der Waals surface area (Å²) in [5, 5.41) is 5.38. The van der Waals surface area contributed by atoms with Crippen LogP contribution in [-0.2, 0) is 4.79 Å². The van der Waals surface area contributed by atoms with Crippen molar-refractivity contribution in [3.63, 3.8) is 0 Å². The van der Waals surface area contributed by atoms with Crippen LogP contribution < -0.4 is 10.6 Å². The van der Waals surface area contributed by atoms with Crippen molar-refractivity contribution in [1.29, 1.82) is 0 Å². The molecule has 19 heavy (non-hydrogen) atoms. The zero-order chi connectivity index (χ0) is 14.4. The summed E-state index contributed by atoms with van der Waals surface area (Å²) in [4.78, 5) is 23.4. The SMILES string of the molecule is Cc1cc(C)cc(C(=O)NCC(=O)NCC(C)C)c1. The fraction of sp³-hybridized carbons (Fsp3) is 0.467. The van der Waals surface area contributed by atoms with Crippen molar-refractivity contribution in [2.45, 2.75) is 27.7 Å². The minimum Gasteiger partial charge on any atom is -0.354 e. The van der Waals surface area contributed by atoms with E-state index in [9.17, 15) is 9.59 Å². The van der Waals surface area contributed by atoms with Crippen molar-refractivity contribution < 1.29 is 9.59 Å². The molecule has 0 heterocycles. The van der Waals surface area contributed by atoms with E-state index < -0.39 is 0 Å². The fourth-order valence-electron chi connectivity index (χ4n) is 1.75. The first-order chi connectivity index (χ1) is 8.88. The van der Waals surface area contributed by atoms with Gasteiger partial charge in [0, 0.05) is 12.1 Å². The van der Waals surface area contributed by atoms with Crippen LogP contribution in [0.2, 0.25) is 0 Å². The lowest BCUT2D eigenvalue weighted by Crippen LogP contribution is -2.38. The molecular weight excluding hydrogens is 240 g/mol. The zero-order valence-electron chi connectivity index (χ0n) is 12.0. The van der Waals surface area contributed by atoms with Crippen LogP contribution in [0.25, 0.3) is 0 Å². The van der Waals surface area contributed by atoms with Gasteiger partial charge in [-0.1, -0.05) is 31.0 Å². The highest BCUT2D eigenvalue weighted by atomic mass is 16.2. The van der Waals surface area contributed by atoms with Crippen LogP contribution in [0.4, 0.5) is 0 Å². The van der Waals surface area contributed by atoms with Crippen molar-refractivity contribution in [1.82, 2.24) is 10.6 Å². The molecule has 0 spiro atoms. The van der Waals surface area contributed by atoms with E-state index in [2.05, 4.69) is 10.6 Å². The number of carbonyl (C=O) groups excluding carboxylic acids is 2. The van der Waals surface area contributed by atoms with Crippen LogP contribution in [-0.4, -0.2) is 24.9 Å². The normalized spacial score (nSPS) is 10.4. The first kappa shape index (κ1) is 15.2. The van der Waals surface area contributed by atoms with E-state index in [0.29, 0.717) is 18.0 Å². The van der Waals surface area contributed by atoms with Crippen molar-refractivity contribution in [2.24, 2.45) is 5.92 Å². The Balaban J connectivity index is 2.49. The Bertz CT molecular complexity index is 447. The molecule has 0 atom stereocenters. The summed E-state index contributed by atoms with van der Waals surface area (Å²) >= 11 is 0. The lowest BCUT2D eigenvalue weighted by molar-refractivity contribution is -0.120. The summed E-state index contributed by atoms with van der Waals surface area (Å²) < 4.78 is 0. The van der Waals surface area contributed by atoms with Crippen LogP contribution in [0.5, 0.6) is 0 Å². The third-order valence-corrected chi connectivity index (χ3v) is 2.60. The Morgan fingerprint density at radius 1 is 1.05 bits per heavy atom. The van der Waals surface area contributed by atoms with Crippen LogP contribution in [0.15, 0.2) is 18.2 Å². The van der Waals surface area contributed by atoms with E-state index in [0.717, 1.165) is 11.1 Å². The summed E-state index contributed by atoms with van der Waals surface area (Å²) in [6.07, 6.45) is 0. The van der Waals surface area contributed by atoms with E-state index in [1.54, 1.807) is 0 Å². The van der Waals surface area contributed by atoms with E-state index in [1.165, 1.54) is 0 Å². The molecule has 2 N–H and O–H groups in total. The average Bonchev–Trinajstić information content (AvgIpc) is 2.32. The minimum absolute atomic E-state index is 0.0124. The van der Waals surface area contributed by atoms with Gasteiger partial charge in [0.05, 0.1) is 6.54 Å². The van der Waals surface area contributed by atoms with Gasteiger partial charge in [0.1, 0.15) is 0 Å². The lowest BCUT2D eigenvalue weighted by Gasteiger charge is -2.09. The Morgan fingerprint density at radius 3 is 2.16 bits per heavy atom.